The first-order valence-corrected chi connectivity index (χ1v) is 8.44. The predicted molar refractivity (Wildman–Crippen MR) is 92.7 cm³/mol. The molecular formula is C18H28N4. The van der Waals surface area contributed by atoms with Crippen LogP contribution in [0.4, 0.5) is 5.69 Å². The Morgan fingerprint density at radius 1 is 1.05 bits per heavy atom. The molecule has 4 nitrogen and oxygen atoms in total. The van der Waals surface area contributed by atoms with Gasteiger partial charge in [-0.1, -0.05) is 24.3 Å². The van der Waals surface area contributed by atoms with Gasteiger partial charge in [0.15, 0.2) is 0 Å². The molecule has 0 radical (unpaired) electrons. The van der Waals surface area contributed by atoms with Crippen LogP contribution in [0.5, 0.6) is 0 Å². The number of anilines is 1. The van der Waals surface area contributed by atoms with Gasteiger partial charge in [0.2, 0.25) is 0 Å². The van der Waals surface area contributed by atoms with E-state index < -0.39 is 0 Å². The zero-order valence-electron chi connectivity index (χ0n) is 13.4. The van der Waals surface area contributed by atoms with Crippen LogP contribution in [0.1, 0.15) is 31.2 Å². The summed E-state index contributed by atoms with van der Waals surface area (Å²) in [5, 5.41) is 0. The molecule has 120 valence electrons. The van der Waals surface area contributed by atoms with Crippen molar-refractivity contribution in [3.8, 4) is 0 Å². The molecule has 1 aromatic rings. The second-order valence-corrected chi connectivity index (χ2v) is 6.55. The molecular weight excluding hydrogens is 272 g/mol. The average Bonchev–Trinajstić information content (AvgIpc) is 2.57. The number of hydrogen-bond donors (Lipinski definition) is 2. The van der Waals surface area contributed by atoms with Gasteiger partial charge in [-0.2, -0.15) is 0 Å². The maximum absolute atomic E-state index is 5.36. The van der Waals surface area contributed by atoms with E-state index in [0.717, 1.165) is 25.7 Å². The van der Waals surface area contributed by atoms with Gasteiger partial charge in [0.25, 0.3) is 0 Å². The number of allylic oxidation sites excluding steroid dienone is 1. The Morgan fingerprint density at radius 3 is 2.27 bits per heavy atom. The van der Waals surface area contributed by atoms with Gasteiger partial charge in [-0.15, -0.1) is 0 Å². The Balaban J connectivity index is 1.51. The van der Waals surface area contributed by atoms with Crippen LogP contribution in [0.2, 0.25) is 0 Å². The smallest absolute Gasteiger partial charge is 0.0367 e. The van der Waals surface area contributed by atoms with E-state index in [4.69, 9.17) is 5.84 Å². The minimum atomic E-state index is 0.723. The molecule has 1 aromatic carbocycles. The summed E-state index contributed by atoms with van der Waals surface area (Å²) in [4.78, 5) is 5.19. The monoisotopic (exact) mass is 300 g/mol. The third-order valence-electron chi connectivity index (χ3n) is 5.10. The normalized spacial score (nSPS) is 21.3. The van der Waals surface area contributed by atoms with Crippen molar-refractivity contribution < 1.29 is 0 Å². The molecule has 22 heavy (non-hydrogen) atoms. The Labute approximate surface area is 133 Å². The summed E-state index contributed by atoms with van der Waals surface area (Å²) >= 11 is 0. The number of rotatable bonds is 4. The molecule has 4 heteroatoms. The number of nitrogens with two attached hydrogens (primary N) is 1. The molecule has 1 saturated heterocycles. The van der Waals surface area contributed by atoms with E-state index >= 15 is 0 Å². The Kier molecular flexibility index (Phi) is 5.13. The van der Waals surface area contributed by atoms with Gasteiger partial charge >= 0.3 is 0 Å². The highest BCUT2D eigenvalue weighted by Gasteiger charge is 2.25. The topological polar surface area (TPSA) is 44.5 Å². The minimum Gasteiger partial charge on any atom is -0.369 e. The molecule has 0 unspecified atom stereocenters. The number of hydrogen-bond acceptors (Lipinski definition) is 4. The fraction of sp³-hybridized carbons (Fsp3) is 0.556. The SMILES string of the molecule is C=C1CCC(N2CCN(c3ccc(CNN)cc3)CC2)CC1. The van der Waals surface area contributed by atoms with Gasteiger partial charge in [-0.25, -0.2) is 0 Å². The lowest BCUT2D eigenvalue weighted by atomic mass is 9.90. The van der Waals surface area contributed by atoms with Crippen molar-refractivity contribution in [1.82, 2.24) is 10.3 Å². The summed E-state index contributed by atoms with van der Waals surface area (Å²) < 4.78 is 0. The van der Waals surface area contributed by atoms with Crippen LogP contribution in [0.3, 0.4) is 0 Å². The zero-order chi connectivity index (χ0) is 15.4. The van der Waals surface area contributed by atoms with Crippen LogP contribution < -0.4 is 16.2 Å². The van der Waals surface area contributed by atoms with Crippen LogP contribution in [-0.2, 0) is 6.54 Å². The van der Waals surface area contributed by atoms with Crippen molar-refractivity contribution in [2.75, 3.05) is 31.1 Å². The first-order chi connectivity index (χ1) is 10.8. The van der Waals surface area contributed by atoms with Gasteiger partial charge < -0.3 is 4.90 Å². The lowest BCUT2D eigenvalue weighted by Gasteiger charge is -2.41. The fourth-order valence-electron chi connectivity index (χ4n) is 3.66. The van der Waals surface area contributed by atoms with Crippen molar-refractivity contribution in [2.45, 2.75) is 38.3 Å². The van der Waals surface area contributed by atoms with Gasteiger partial charge in [-0.3, -0.25) is 16.2 Å². The second kappa shape index (κ2) is 7.27. The summed E-state index contributed by atoms with van der Waals surface area (Å²) in [5.74, 6) is 5.36. The summed E-state index contributed by atoms with van der Waals surface area (Å²) in [6.07, 6.45) is 5.06. The minimum absolute atomic E-state index is 0.723. The highest BCUT2D eigenvalue weighted by atomic mass is 15.3. The van der Waals surface area contributed by atoms with Crippen LogP contribution in [0.25, 0.3) is 0 Å². The van der Waals surface area contributed by atoms with Gasteiger partial charge in [-0.05, 0) is 43.4 Å². The van der Waals surface area contributed by atoms with Gasteiger partial charge in [0.05, 0.1) is 0 Å². The first-order valence-electron chi connectivity index (χ1n) is 8.44. The molecule has 2 fully saturated rings. The van der Waals surface area contributed by atoms with Crippen LogP contribution in [0, 0.1) is 0 Å². The molecule has 0 atom stereocenters. The maximum atomic E-state index is 5.36. The van der Waals surface area contributed by atoms with E-state index in [-0.39, 0.29) is 0 Å². The summed E-state index contributed by atoms with van der Waals surface area (Å²) in [6.45, 7) is 9.48. The van der Waals surface area contributed by atoms with Gasteiger partial charge in [0, 0.05) is 44.5 Å². The van der Waals surface area contributed by atoms with Crippen LogP contribution in [-0.4, -0.2) is 37.1 Å². The summed E-state index contributed by atoms with van der Waals surface area (Å²) in [7, 11) is 0. The molecule has 2 aliphatic rings. The quantitative estimate of drug-likeness (QED) is 0.509. The Hall–Kier alpha value is -1.36. The van der Waals surface area contributed by atoms with Gasteiger partial charge in [0.1, 0.15) is 0 Å². The molecule has 0 bridgehead atoms. The molecule has 1 aliphatic heterocycles. The van der Waals surface area contributed by atoms with Crippen molar-refractivity contribution in [1.29, 1.82) is 0 Å². The number of hydrazine groups is 1. The summed E-state index contributed by atoms with van der Waals surface area (Å²) in [6, 6.07) is 9.54. The van der Waals surface area contributed by atoms with Crippen LogP contribution >= 0.6 is 0 Å². The standard InChI is InChI=1S/C18H28N4/c1-15-2-6-17(7-3-15)21-10-12-22(13-11-21)18-8-4-16(5-9-18)14-20-19/h4-5,8-9,17,20H,1-3,6-7,10-14,19H2. The van der Waals surface area contributed by atoms with Crippen molar-refractivity contribution in [3.63, 3.8) is 0 Å². The first kappa shape index (κ1) is 15.5. The molecule has 0 aromatic heterocycles. The number of piperazine rings is 1. The van der Waals surface area contributed by atoms with E-state index in [2.05, 4.69) is 46.1 Å². The highest BCUT2D eigenvalue weighted by molar-refractivity contribution is 5.48. The number of nitrogens with one attached hydrogen (secondary N) is 1. The zero-order valence-corrected chi connectivity index (χ0v) is 13.4. The molecule has 1 heterocycles. The van der Waals surface area contributed by atoms with E-state index in [1.807, 2.05) is 0 Å². The maximum Gasteiger partial charge on any atom is 0.0367 e. The second-order valence-electron chi connectivity index (χ2n) is 6.55. The lowest BCUT2D eigenvalue weighted by Crippen LogP contribution is -2.50. The predicted octanol–water partition coefficient (Wildman–Crippen LogP) is 2.27. The third-order valence-corrected chi connectivity index (χ3v) is 5.10. The van der Waals surface area contributed by atoms with Crippen molar-refractivity contribution >= 4 is 5.69 Å². The number of benzene rings is 1. The summed E-state index contributed by atoms with van der Waals surface area (Å²) in [5.41, 5.74) is 6.71. The molecule has 1 aliphatic carbocycles. The van der Waals surface area contributed by atoms with Crippen molar-refractivity contribution in [2.24, 2.45) is 5.84 Å². The lowest BCUT2D eigenvalue weighted by molar-refractivity contribution is 0.158. The molecule has 3 rings (SSSR count). The van der Waals surface area contributed by atoms with E-state index in [9.17, 15) is 0 Å². The fourth-order valence-corrected chi connectivity index (χ4v) is 3.66. The Morgan fingerprint density at radius 2 is 1.68 bits per heavy atom. The molecule has 1 saturated carbocycles. The number of nitrogens with zero attached hydrogens (tertiary/aromatic N) is 2. The highest BCUT2D eigenvalue weighted by Crippen LogP contribution is 2.27. The Bertz CT molecular complexity index is 478. The molecule has 0 amide bonds. The van der Waals surface area contributed by atoms with E-state index in [1.165, 1.54) is 55.6 Å². The van der Waals surface area contributed by atoms with Crippen LogP contribution in [0.15, 0.2) is 36.4 Å². The largest absolute Gasteiger partial charge is 0.369 e. The third kappa shape index (κ3) is 3.69. The average molecular weight is 300 g/mol. The van der Waals surface area contributed by atoms with E-state index in [1.54, 1.807) is 0 Å². The van der Waals surface area contributed by atoms with E-state index in [0.29, 0.717) is 0 Å². The molecule has 3 N–H and O–H groups in total. The molecule has 0 spiro atoms. The van der Waals surface area contributed by atoms with Crippen molar-refractivity contribution in [3.05, 3.63) is 42.0 Å².